The van der Waals surface area contributed by atoms with E-state index in [0.29, 0.717) is 5.56 Å². The first kappa shape index (κ1) is 19.5. The maximum Gasteiger partial charge on any atom is 0.254 e. The molecule has 5 rings (SSSR count). The van der Waals surface area contributed by atoms with E-state index in [9.17, 15) is 4.79 Å². The van der Waals surface area contributed by atoms with Crippen LogP contribution in [0.3, 0.4) is 0 Å². The molecule has 1 aliphatic rings. The minimum Gasteiger partial charge on any atom is -0.338 e. The molecule has 5 heteroatoms. The number of aromatic amines is 1. The number of hydrogen-bond acceptors (Lipinski definition) is 3. The Bertz CT molecular complexity index is 1190. The van der Waals surface area contributed by atoms with Gasteiger partial charge < -0.3 is 9.88 Å². The van der Waals surface area contributed by atoms with E-state index in [0.717, 1.165) is 55.1 Å². The standard InChI is InChI=1S/C26H26N4O/c1-19-7-9-20(10-8-19)18-29-13-15-30(16-14-29)26(31)22-11-12-23-24(17-22)28-25(27-23)21-5-3-2-4-6-21/h2-12,17H,13-16,18H2,1H3,(H,27,28). The van der Waals surface area contributed by atoms with Gasteiger partial charge in [0.05, 0.1) is 11.0 Å². The van der Waals surface area contributed by atoms with Crippen molar-refractivity contribution in [3.63, 3.8) is 0 Å². The summed E-state index contributed by atoms with van der Waals surface area (Å²) in [6, 6.07) is 24.5. The van der Waals surface area contributed by atoms with E-state index < -0.39 is 0 Å². The van der Waals surface area contributed by atoms with Gasteiger partial charge >= 0.3 is 0 Å². The van der Waals surface area contributed by atoms with E-state index in [2.05, 4.69) is 41.1 Å². The van der Waals surface area contributed by atoms with Gasteiger partial charge in [-0.25, -0.2) is 4.98 Å². The normalized spacial score (nSPS) is 14.8. The van der Waals surface area contributed by atoms with Gasteiger partial charge in [0.1, 0.15) is 5.82 Å². The van der Waals surface area contributed by atoms with Crippen LogP contribution in [0.25, 0.3) is 22.4 Å². The molecule has 0 spiro atoms. The third-order valence-corrected chi connectivity index (χ3v) is 5.96. The van der Waals surface area contributed by atoms with E-state index in [1.165, 1.54) is 11.1 Å². The molecule has 5 nitrogen and oxygen atoms in total. The van der Waals surface area contributed by atoms with Crippen molar-refractivity contribution in [2.75, 3.05) is 26.2 Å². The van der Waals surface area contributed by atoms with Crippen LogP contribution < -0.4 is 0 Å². The first-order valence-electron chi connectivity index (χ1n) is 10.8. The van der Waals surface area contributed by atoms with Crippen molar-refractivity contribution < 1.29 is 4.79 Å². The number of fused-ring (bicyclic) bond motifs is 1. The first-order chi connectivity index (χ1) is 15.2. The van der Waals surface area contributed by atoms with Crippen molar-refractivity contribution in [3.05, 3.63) is 89.5 Å². The quantitative estimate of drug-likeness (QED) is 0.539. The number of rotatable bonds is 4. The molecule has 0 bridgehead atoms. The number of aromatic nitrogens is 2. The van der Waals surface area contributed by atoms with Crippen LogP contribution in [0, 0.1) is 6.92 Å². The number of nitrogens with one attached hydrogen (secondary N) is 1. The van der Waals surface area contributed by atoms with Crippen molar-refractivity contribution in [2.45, 2.75) is 13.5 Å². The number of aryl methyl sites for hydroxylation is 1. The summed E-state index contributed by atoms with van der Waals surface area (Å²) in [6.07, 6.45) is 0. The molecule has 1 aliphatic heterocycles. The van der Waals surface area contributed by atoms with Crippen LogP contribution in [0.4, 0.5) is 0 Å². The molecule has 156 valence electrons. The van der Waals surface area contributed by atoms with Crippen LogP contribution in [-0.4, -0.2) is 51.9 Å². The Morgan fingerprint density at radius 3 is 2.42 bits per heavy atom. The van der Waals surface area contributed by atoms with Gasteiger partial charge in [-0.3, -0.25) is 9.69 Å². The lowest BCUT2D eigenvalue weighted by atomic mass is 10.1. The average Bonchev–Trinajstić information content (AvgIpc) is 3.25. The number of imidazole rings is 1. The summed E-state index contributed by atoms with van der Waals surface area (Å²) in [7, 11) is 0. The number of carbonyl (C=O) groups excluding carboxylic acids is 1. The Morgan fingerprint density at radius 1 is 0.935 bits per heavy atom. The lowest BCUT2D eigenvalue weighted by Gasteiger charge is -2.34. The predicted molar refractivity (Wildman–Crippen MR) is 124 cm³/mol. The van der Waals surface area contributed by atoms with E-state index in [-0.39, 0.29) is 5.91 Å². The fraction of sp³-hybridized carbons (Fsp3) is 0.231. The molecular weight excluding hydrogens is 384 g/mol. The topological polar surface area (TPSA) is 52.2 Å². The van der Waals surface area contributed by atoms with Crippen LogP contribution in [0.1, 0.15) is 21.5 Å². The molecule has 3 aromatic carbocycles. The number of nitrogens with zero attached hydrogens (tertiary/aromatic N) is 3. The SMILES string of the molecule is Cc1ccc(CN2CCN(C(=O)c3ccc4[nH]c(-c5ccccc5)nc4c3)CC2)cc1. The number of hydrogen-bond donors (Lipinski definition) is 1. The van der Waals surface area contributed by atoms with Gasteiger partial charge in [-0.15, -0.1) is 0 Å². The molecule has 1 fully saturated rings. The van der Waals surface area contributed by atoms with E-state index in [1.54, 1.807) is 0 Å². The predicted octanol–water partition coefficient (Wildman–Crippen LogP) is 4.50. The highest BCUT2D eigenvalue weighted by Gasteiger charge is 2.22. The summed E-state index contributed by atoms with van der Waals surface area (Å²) in [6.45, 7) is 6.32. The molecule has 31 heavy (non-hydrogen) atoms. The first-order valence-corrected chi connectivity index (χ1v) is 10.8. The van der Waals surface area contributed by atoms with Gasteiger partial charge in [0.25, 0.3) is 5.91 Å². The molecule has 0 atom stereocenters. The molecule has 2 heterocycles. The van der Waals surface area contributed by atoms with Gasteiger partial charge in [0.15, 0.2) is 0 Å². The molecule has 0 unspecified atom stereocenters. The smallest absolute Gasteiger partial charge is 0.254 e. The minimum absolute atomic E-state index is 0.0844. The average molecular weight is 411 g/mol. The molecule has 1 amide bonds. The van der Waals surface area contributed by atoms with Crippen molar-refractivity contribution >= 4 is 16.9 Å². The molecule has 1 saturated heterocycles. The third kappa shape index (κ3) is 4.23. The highest BCUT2D eigenvalue weighted by atomic mass is 16.2. The van der Waals surface area contributed by atoms with E-state index in [1.807, 2.05) is 53.4 Å². The lowest BCUT2D eigenvalue weighted by molar-refractivity contribution is 0.0628. The second kappa shape index (κ2) is 8.36. The van der Waals surface area contributed by atoms with Crippen molar-refractivity contribution in [1.82, 2.24) is 19.8 Å². The van der Waals surface area contributed by atoms with Gasteiger partial charge in [-0.1, -0.05) is 60.2 Å². The van der Waals surface area contributed by atoms with Gasteiger partial charge in [0.2, 0.25) is 0 Å². The fourth-order valence-corrected chi connectivity index (χ4v) is 4.11. The minimum atomic E-state index is 0.0844. The Labute approximate surface area is 182 Å². The fourth-order valence-electron chi connectivity index (χ4n) is 4.11. The molecule has 0 saturated carbocycles. The highest BCUT2D eigenvalue weighted by molar-refractivity contribution is 5.97. The Morgan fingerprint density at radius 2 is 1.68 bits per heavy atom. The molecule has 0 aliphatic carbocycles. The Balaban J connectivity index is 1.25. The summed E-state index contributed by atoms with van der Waals surface area (Å²) < 4.78 is 0. The van der Waals surface area contributed by atoms with Crippen LogP contribution in [0.5, 0.6) is 0 Å². The number of carbonyl (C=O) groups is 1. The summed E-state index contributed by atoms with van der Waals surface area (Å²) in [5, 5.41) is 0. The Hall–Kier alpha value is -3.44. The lowest BCUT2D eigenvalue weighted by Crippen LogP contribution is -2.48. The molecule has 0 radical (unpaired) electrons. The molecule has 1 N–H and O–H groups in total. The molecular formula is C26H26N4O. The van der Waals surface area contributed by atoms with Crippen LogP contribution >= 0.6 is 0 Å². The Kier molecular flexibility index (Phi) is 5.26. The zero-order valence-corrected chi connectivity index (χ0v) is 17.7. The van der Waals surface area contributed by atoms with Crippen LogP contribution in [-0.2, 0) is 6.54 Å². The van der Waals surface area contributed by atoms with E-state index in [4.69, 9.17) is 4.98 Å². The molecule has 1 aromatic heterocycles. The van der Waals surface area contributed by atoms with Crippen molar-refractivity contribution in [1.29, 1.82) is 0 Å². The third-order valence-electron chi connectivity index (χ3n) is 5.96. The summed E-state index contributed by atoms with van der Waals surface area (Å²) in [5.74, 6) is 0.908. The maximum atomic E-state index is 13.1. The second-order valence-corrected chi connectivity index (χ2v) is 8.24. The largest absolute Gasteiger partial charge is 0.338 e. The van der Waals surface area contributed by atoms with Crippen LogP contribution in [0.2, 0.25) is 0 Å². The van der Waals surface area contributed by atoms with Crippen molar-refractivity contribution in [3.8, 4) is 11.4 Å². The van der Waals surface area contributed by atoms with Gasteiger partial charge in [-0.05, 0) is 30.7 Å². The number of amides is 1. The zero-order chi connectivity index (χ0) is 21.2. The van der Waals surface area contributed by atoms with E-state index >= 15 is 0 Å². The van der Waals surface area contributed by atoms with Gasteiger partial charge in [0, 0.05) is 43.9 Å². The monoisotopic (exact) mass is 410 g/mol. The summed E-state index contributed by atoms with van der Waals surface area (Å²) in [4.78, 5) is 25.5. The summed E-state index contributed by atoms with van der Waals surface area (Å²) in [5.41, 5.74) is 6.11. The number of piperazine rings is 1. The summed E-state index contributed by atoms with van der Waals surface area (Å²) >= 11 is 0. The van der Waals surface area contributed by atoms with Gasteiger partial charge in [-0.2, -0.15) is 0 Å². The molecule has 4 aromatic rings. The second-order valence-electron chi connectivity index (χ2n) is 8.24. The number of H-pyrrole nitrogens is 1. The number of benzene rings is 3. The maximum absolute atomic E-state index is 13.1. The van der Waals surface area contributed by atoms with Crippen LogP contribution in [0.15, 0.2) is 72.8 Å². The highest BCUT2D eigenvalue weighted by Crippen LogP contribution is 2.22. The van der Waals surface area contributed by atoms with Crippen molar-refractivity contribution in [2.24, 2.45) is 0 Å². The zero-order valence-electron chi connectivity index (χ0n) is 17.7.